The van der Waals surface area contributed by atoms with E-state index in [1.54, 1.807) is 6.92 Å². The Hall–Kier alpha value is -0.280. The van der Waals surface area contributed by atoms with E-state index in [1.165, 1.54) is 0 Å². The summed E-state index contributed by atoms with van der Waals surface area (Å²) in [4.78, 5) is 0. The predicted octanol–water partition coefficient (Wildman–Crippen LogP) is -2.85. The lowest BCUT2D eigenvalue weighted by molar-refractivity contribution is -0.349. The molecule has 1 aliphatic heterocycles. The molecule has 0 aliphatic carbocycles. The molecule has 1 saturated heterocycles. The minimum atomic E-state index is -1.72. The van der Waals surface area contributed by atoms with Crippen LogP contribution < -0.4 is 5.73 Å². The molecule has 6 N–H and O–H groups in total. The van der Waals surface area contributed by atoms with Crippen molar-refractivity contribution in [2.75, 3.05) is 19.8 Å². The summed E-state index contributed by atoms with van der Waals surface area (Å²) < 4.78 is 10.3. The van der Waals surface area contributed by atoms with Gasteiger partial charge in [-0.3, -0.25) is 0 Å². The van der Waals surface area contributed by atoms with Gasteiger partial charge in [0.05, 0.1) is 13.2 Å². The number of nitrogens with two attached hydrogens (primary N) is 1. The van der Waals surface area contributed by atoms with E-state index < -0.39 is 30.7 Å². The molecular formula is C9H19NO6. The van der Waals surface area contributed by atoms with E-state index in [9.17, 15) is 20.4 Å². The van der Waals surface area contributed by atoms with E-state index in [4.69, 9.17) is 15.2 Å². The largest absolute Gasteiger partial charge is 0.391 e. The van der Waals surface area contributed by atoms with E-state index in [2.05, 4.69) is 0 Å². The van der Waals surface area contributed by atoms with Crippen molar-refractivity contribution in [3.8, 4) is 0 Å². The van der Waals surface area contributed by atoms with Gasteiger partial charge in [0.1, 0.15) is 24.9 Å². The fraction of sp³-hybridized carbons (Fsp3) is 1.00. The molecule has 7 nitrogen and oxygen atoms in total. The molecule has 16 heavy (non-hydrogen) atoms. The maximum atomic E-state index is 9.71. The lowest BCUT2D eigenvalue weighted by Gasteiger charge is -2.43. The van der Waals surface area contributed by atoms with Gasteiger partial charge in [-0.2, -0.15) is 0 Å². The first-order valence-corrected chi connectivity index (χ1v) is 5.11. The summed E-state index contributed by atoms with van der Waals surface area (Å²) in [5.74, 6) is -1.72. The van der Waals surface area contributed by atoms with Gasteiger partial charge in [0.2, 0.25) is 5.79 Å². The molecule has 5 atom stereocenters. The lowest BCUT2D eigenvalue weighted by Crippen LogP contribution is -2.64. The Balaban J connectivity index is 2.70. The zero-order chi connectivity index (χ0) is 12.3. The van der Waals surface area contributed by atoms with E-state index in [0.29, 0.717) is 0 Å². The summed E-state index contributed by atoms with van der Waals surface area (Å²) in [6.45, 7) is 0.883. The van der Waals surface area contributed by atoms with Crippen molar-refractivity contribution in [1.29, 1.82) is 0 Å². The highest BCUT2D eigenvalue weighted by Crippen LogP contribution is 2.27. The second kappa shape index (κ2) is 5.37. The van der Waals surface area contributed by atoms with Crippen LogP contribution in [-0.4, -0.2) is 70.4 Å². The molecule has 0 amide bonds. The zero-order valence-electron chi connectivity index (χ0n) is 9.11. The molecule has 0 aromatic rings. The number of aliphatic hydroxyl groups is 4. The van der Waals surface area contributed by atoms with Crippen LogP contribution in [0, 0.1) is 0 Å². The molecule has 1 heterocycles. The molecule has 0 spiro atoms. The number of hydrogen-bond acceptors (Lipinski definition) is 7. The summed E-state index contributed by atoms with van der Waals surface area (Å²) in [6.07, 6.45) is -4.15. The Labute approximate surface area is 93.4 Å². The van der Waals surface area contributed by atoms with Gasteiger partial charge in [0.25, 0.3) is 0 Å². The Bertz CT molecular complexity index is 226. The molecule has 0 aromatic carbocycles. The van der Waals surface area contributed by atoms with Gasteiger partial charge < -0.3 is 35.6 Å². The average Bonchev–Trinajstić information content (AvgIpc) is 2.26. The highest BCUT2D eigenvalue weighted by Gasteiger charge is 2.50. The normalized spacial score (nSPS) is 42.0. The van der Waals surface area contributed by atoms with Crippen molar-refractivity contribution in [3.63, 3.8) is 0 Å². The Morgan fingerprint density at radius 3 is 2.62 bits per heavy atom. The maximum Gasteiger partial charge on any atom is 0.221 e. The van der Waals surface area contributed by atoms with Crippen molar-refractivity contribution in [2.45, 2.75) is 37.1 Å². The van der Waals surface area contributed by atoms with Gasteiger partial charge in [0, 0.05) is 6.04 Å². The lowest BCUT2D eigenvalue weighted by atomic mass is 9.97. The summed E-state index contributed by atoms with van der Waals surface area (Å²) >= 11 is 0. The Morgan fingerprint density at radius 1 is 1.50 bits per heavy atom. The van der Waals surface area contributed by atoms with Crippen LogP contribution in [0.4, 0.5) is 0 Å². The van der Waals surface area contributed by atoms with Crippen molar-refractivity contribution < 1.29 is 29.9 Å². The van der Waals surface area contributed by atoms with Crippen LogP contribution in [0.5, 0.6) is 0 Å². The van der Waals surface area contributed by atoms with E-state index >= 15 is 0 Å². The molecular weight excluding hydrogens is 218 g/mol. The molecule has 96 valence electrons. The van der Waals surface area contributed by atoms with Crippen molar-refractivity contribution in [3.05, 3.63) is 0 Å². The highest BCUT2D eigenvalue weighted by atomic mass is 16.7. The van der Waals surface area contributed by atoms with Crippen LogP contribution in [0.1, 0.15) is 6.92 Å². The van der Waals surface area contributed by atoms with Crippen molar-refractivity contribution in [1.82, 2.24) is 0 Å². The fourth-order valence-electron chi connectivity index (χ4n) is 1.47. The second-order valence-electron chi connectivity index (χ2n) is 4.07. The molecule has 1 aliphatic rings. The SMILES string of the molecule is CC(N)CO[C@]1(CO)OC[C@@H](O)[C@@H](O)[C@@H]1O. The van der Waals surface area contributed by atoms with Crippen molar-refractivity contribution in [2.24, 2.45) is 5.73 Å². The highest BCUT2D eigenvalue weighted by molar-refractivity contribution is 4.92. The molecule has 0 saturated carbocycles. The third-order valence-corrected chi connectivity index (χ3v) is 2.48. The minimum absolute atomic E-state index is 0.0560. The zero-order valence-corrected chi connectivity index (χ0v) is 9.11. The summed E-state index contributed by atoms with van der Waals surface area (Å²) in [7, 11) is 0. The Morgan fingerprint density at radius 2 is 2.12 bits per heavy atom. The van der Waals surface area contributed by atoms with Gasteiger partial charge in [-0.15, -0.1) is 0 Å². The maximum absolute atomic E-state index is 9.71. The number of aliphatic hydroxyl groups excluding tert-OH is 4. The van der Waals surface area contributed by atoms with Crippen LogP contribution in [0.15, 0.2) is 0 Å². The number of ether oxygens (including phenoxy) is 2. The predicted molar refractivity (Wildman–Crippen MR) is 53.4 cm³/mol. The quantitative estimate of drug-likeness (QED) is 0.356. The summed E-state index contributed by atoms with van der Waals surface area (Å²) in [5, 5.41) is 37.6. The molecule has 0 aromatic heterocycles. The van der Waals surface area contributed by atoms with E-state index in [0.717, 1.165) is 0 Å². The first kappa shape index (κ1) is 13.8. The smallest absolute Gasteiger partial charge is 0.221 e. The Kier molecular flexibility index (Phi) is 4.62. The molecule has 1 rings (SSSR count). The number of hydrogen-bond donors (Lipinski definition) is 5. The monoisotopic (exact) mass is 237 g/mol. The second-order valence-corrected chi connectivity index (χ2v) is 4.07. The van der Waals surface area contributed by atoms with Crippen LogP contribution in [0.3, 0.4) is 0 Å². The van der Waals surface area contributed by atoms with Crippen LogP contribution in [-0.2, 0) is 9.47 Å². The van der Waals surface area contributed by atoms with E-state index in [1.807, 2.05) is 0 Å². The van der Waals surface area contributed by atoms with Crippen LogP contribution in [0.25, 0.3) is 0 Å². The molecule has 1 unspecified atom stereocenters. The van der Waals surface area contributed by atoms with Gasteiger partial charge >= 0.3 is 0 Å². The van der Waals surface area contributed by atoms with Crippen LogP contribution >= 0.6 is 0 Å². The van der Waals surface area contributed by atoms with Gasteiger partial charge in [0.15, 0.2) is 0 Å². The van der Waals surface area contributed by atoms with Crippen molar-refractivity contribution >= 4 is 0 Å². The third kappa shape index (κ3) is 2.69. The topological polar surface area (TPSA) is 125 Å². The van der Waals surface area contributed by atoms with Gasteiger partial charge in [-0.1, -0.05) is 0 Å². The average molecular weight is 237 g/mol. The minimum Gasteiger partial charge on any atom is -0.391 e. The van der Waals surface area contributed by atoms with Gasteiger partial charge in [-0.25, -0.2) is 0 Å². The molecule has 1 fully saturated rings. The summed E-state index contributed by atoms with van der Waals surface area (Å²) in [6, 6.07) is -0.303. The first-order chi connectivity index (χ1) is 7.43. The van der Waals surface area contributed by atoms with Gasteiger partial charge in [-0.05, 0) is 6.92 Å². The van der Waals surface area contributed by atoms with E-state index in [-0.39, 0.29) is 19.3 Å². The fourth-order valence-corrected chi connectivity index (χ4v) is 1.47. The van der Waals surface area contributed by atoms with Crippen LogP contribution in [0.2, 0.25) is 0 Å². The third-order valence-electron chi connectivity index (χ3n) is 2.48. The first-order valence-electron chi connectivity index (χ1n) is 5.11. The number of rotatable bonds is 4. The molecule has 0 bridgehead atoms. The molecule has 0 radical (unpaired) electrons. The standard InChI is InChI=1S/C9H19NO6/c1-5(10)2-15-9(4-11)8(14)7(13)6(12)3-16-9/h5-8,11-14H,2-4,10H2,1H3/t5?,6-,7-,8+,9-/m1/s1. The summed E-state index contributed by atoms with van der Waals surface area (Å²) in [5.41, 5.74) is 5.47. The molecule has 7 heteroatoms.